The molecule has 0 saturated heterocycles. The summed E-state index contributed by atoms with van der Waals surface area (Å²) < 4.78 is 4.61. The van der Waals surface area contributed by atoms with E-state index >= 15 is 0 Å². The number of hydrogen-bond donors (Lipinski definition) is 0. The van der Waals surface area contributed by atoms with Gasteiger partial charge in [-0.3, -0.25) is 4.79 Å². The Labute approximate surface area is 88.9 Å². The van der Waals surface area contributed by atoms with Crippen molar-refractivity contribution in [2.45, 2.75) is 20.3 Å². The number of methoxy groups -OCH3 is 1. The number of carbonyl (C=O) groups excluding carboxylic acids is 2. The highest BCUT2D eigenvalue weighted by atomic mass is 16.5. The average Bonchev–Trinajstić information content (AvgIpc) is 2.14. The van der Waals surface area contributed by atoms with Crippen molar-refractivity contribution in [3.05, 3.63) is 11.6 Å². The van der Waals surface area contributed by atoms with Crippen LogP contribution < -0.4 is 5.11 Å². The minimum Gasteiger partial charge on any atom is -0.550 e. The van der Waals surface area contributed by atoms with Crippen molar-refractivity contribution in [3.8, 4) is 0 Å². The largest absolute Gasteiger partial charge is 0.550 e. The minimum absolute atomic E-state index is 0.187. The van der Waals surface area contributed by atoms with Crippen LogP contribution in [0.3, 0.4) is 0 Å². The lowest BCUT2D eigenvalue weighted by molar-refractivity contribution is -0.314. The molecule has 1 rings (SSSR count). The highest BCUT2D eigenvalue weighted by Gasteiger charge is 2.36. The number of aliphatic carboxylic acids is 1. The van der Waals surface area contributed by atoms with Crippen molar-refractivity contribution in [1.29, 1.82) is 0 Å². The molecule has 0 saturated carbocycles. The summed E-state index contributed by atoms with van der Waals surface area (Å²) in [6, 6.07) is 0. The van der Waals surface area contributed by atoms with Crippen LogP contribution in [0.25, 0.3) is 0 Å². The molecular weight excluding hydrogens is 196 g/mol. The fourth-order valence-electron chi connectivity index (χ4n) is 2.22. The van der Waals surface area contributed by atoms with E-state index < -0.39 is 23.8 Å². The Kier molecular flexibility index (Phi) is 3.50. The molecule has 0 bridgehead atoms. The second-order valence-corrected chi connectivity index (χ2v) is 4.05. The molecule has 1 aliphatic rings. The number of hydrogen-bond acceptors (Lipinski definition) is 4. The highest BCUT2D eigenvalue weighted by molar-refractivity contribution is 5.81. The van der Waals surface area contributed by atoms with E-state index in [1.807, 2.05) is 13.0 Å². The van der Waals surface area contributed by atoms with Gasteiger partial charge in [-0.25, -0.2) is 0 Å². The number of carboxylic acid groups (broad SMARTS) is 1. The number of carboxylic acids is 1. The molecule has 84 valence electrons. The molecule has 0 radical (unpaired) electrons. The summed E-state index contributed by atoms with van der Waals surface area (Å²) in [5.74, 6) is -3.22. The number of rotatable bonds is 2. The van der Waals surface area contributed by atoms with Crippen molar-refractivity contribution in [2.75, 3.05) is 7.11 Å². The maximum atomic E-state index is 11.4. The Morgan fingerprint density at radius 2 is 2.13 bits per heavy atom. The SMILES string of the molecule is COC(=O)[C@H]1CC(C)=C[C@@H](C)[C@@H]1C(=O)[O-]. The maximum Gasteiger partial charge on any atom is 0.309 e. The van der Waals surface area contributed by atoms with Gasteiger partial charge < -0.3 is 14.6 Å². The van der Waals surface area contributed by atoms with Crippen LogP contribution in [0.4, 0.5) is 0 Å². The van der Waals surface area contributed by atoms with Crippen LogP contribution in [-0.2, 0) is 14.3 Å². The first kappa shape index (κ1) is 11.8. The van der Waals surface area contributed by atoms with E-state index in [2.05, 4.69) is 4.74 Å². The zero-order valence-corrected chi connectivity index (χ0v) is 9.15. The highest BCUT2D eigenvalue weighted by Crippen LogP contribution is 2.34. The molecule has 0 amide bonds. The van der Waals surface area contributed by atoms with Gasteiger partial charge in [0.05, 0.1) is 13.0 Å². The molecule has 4 heteroatoms. The van der Waals surface area contributed by atoms with Crippen LogP contribution >= 0.6 is 0 Å². The third-order valence-electron chi connectivity index (χ3n) is 2.87. The zero-order chi connectivity index (χ0) is 11.6. The Morgan fingerprint density at radius 1 is 1.53 bits per heavy atom. The first-order chi connectivity index (χ1) is 6.97. The van der Waals surface area contributed by atoms with Gasteiger partial charge >= 0.3 is 5.97 Å². The number of carbonyl (C=O) groups is 2. The minimum atomic E-state index is -1.18. The van der Waals surface area contributed by atoms with Gasteiger partial charge in [0.2, 0.25) is 0 Å². The van der Waals surface area contributed by atoms with Gasteiger partial charge in [0.15, 0.2) is 0 Å². The summed E-state index contributed by atoms with van der Waals surface area (Å²) in [5, 5.41) is 11.0. The lowest BCUT2D eigenvalue weighted by Gasteiger charge is -2.33. The van der Waals surface area contributed by atoms with E-state index in [9.17, 15) is 14.7 Å². The molecule has 0 spiro atoms. The number of allylic oxidation sites excluding steroid dienone is 2. The summed E-state index contributed by atoms with van der Waals surface area (Å²) in [7, 11) is 1.27. The molecule has 0 aromatic rings. The van der Waals surface area contributed by atoms with Gasteiger partial charge in [-0.15, -0.1) is 0 Å². The lowest BCUT2D eigenvalue weighted by Crippen LogP contribution is -2.44. The Balaban J connectivity index is 2.97. The van der Waals surface area contributed by atoms with E-state index in [0.29, 0.717) is 6.42 Å². The van der Waals surface area contributed by atoms with Crippen molar-refractivity contribution in [3.63, 3.8) is 0 Å². The van der Waals surface area contributed by atoms with E-state index in [1.54, 1.807) is 6.92 Å². The van der Waals surface area contributed by atoms with Crippen LogP contribution in [-0.4, -0.2) is 19.0 Å². The maximum absolute atomic E-state index is 11.4. The molecule has 0 aromatic heterocycles. The lowest BCUT2D eigenvalue weighted by atomic mass is 9.74. The molecule has 0 heterocycles. The van der Waals surface area contributed by atoms with E-state index in [0.717, 1.165) is 5.57 Å². The topological polar surface area (TPSA) is 66.4 Å². The molecule has 0 fully saturated rings. The van der Waals surface area contributed by atoms with Gasteiger partial charge in [0.1, 0.15) is 0 Å². The van der Waals surface area contributed by atoms with E-state index in [4.69, 9.17) is 0 Å². The number of esters is 1. The fraction of sp³-hybridized carbons (Fsp3) is 0.636. The molecular formula is C11H15O4-. The average molecular weight is 211 g/mol. The predicted molar refractivity (Wildman–Crippen MR) is 51.5 cm³/mol. The first-order valence-electron chi connectivity index (χ1n) is 4.93. The molecule has 0 aromatic carbocycles. The Morgan fingerprint density at radius 3 is 2.60 bits per heavy atom. The molecule has 0 unspecified atom stereocenters. The van der Waals surface area contributed by atoms with Gasteiger partial charge in [-0.05, 0) is 19.3 Å². The predicted octanol–water partition coefficient (Wildman–Crippen LogP) is 0.128. The van der Waals surface area contributed by atoms with Crippen molar-refractivity contribution >= 4 is 11.9 Å². The van der Waals surface area contributed by atoms with E-state index in [-0.39, 0.29) is 5.92 Å². The molecule has 0 N–H and O–H groups in total. The summed E-state index contributed by atoms with van der Waals surface area (Å²) in [4.78, 5) is 22.4. The molecule has 3 atom stereocenters. The van der Waals surface area contributed by atoms with Gasteiger partial charge in [0, 0.05) is 11.9 Å². The van der Waals surface area contributed by atoms with Crippen molar-refractivity contribution in [2.24, 2.45) is 17.8 Å². The summed E-state index contributed by atoms with van der Waals surface area (Å²) >= 11 is 0. The quantitative estimate of drug-likeness (QED) is 0.481. The molecule has 15 heavy (non-hydrogen) atoms. The van der Waals surface area contributed by atoms with Gasteiger partial charge in [-0.1, -0.05) is 18.6 Å². The zero-order valence-electron chi connectivity index (χ0n) is 9.15. The van der Waals surface area contributed by atoms with Crippen LogP contribution in [0.5, 0.6) is 0 Å². The summed E-state index contributed by atoms with van der Waals surface area (Å²) in [6.07, 6.45) is 2.32. The normalized spacial score (nSPS) is 30.6. The van der Waals surface area contributed by atoms with Crippen LogP contribution in [0.1, 0.15) is 20.3 Å². The van der Waals surface area contributed by atoms with Crippen LogP contribution in [0.15, 0.2) is 11.6 Å². The standard InChI is InChI=1S/C11H16O4/c1-6-4-7(2)9(10(12)13)8(5-6)11(14)15-3/h4,7-9H,5H2,1-3H3,(H,12,13)/p-1/t7-,8+,9+/m1/s1. The summed E-state index contributed by atoms with van der Waals surface area (Å²) in [6.45, 7) is 3.66. The molecule has 0 aliphatic heterocycles. The molecule has 4 nitrogen and oxygen atoms in total. The fourth-order valence-corrected chi connectivity index (χ4v) is 2.22. The Hall–Kier alpha value is -1.32. The monoisotopic (exact) mass is 211 g/mol. The Bertz CT molecular complexity index is 306. The first-order valence-corrected chi connectivity index (χ1v) is 4.93. The molecule has 1 aliphatic carbocycles. The third-order valence-corrected chi connectivity index (χ3v) is 2.87. The van der Waals surface area contributed by atoms with Crippen molar-refractivity contribution in [1.82, 2.24) is 0 Å². The van der Waals surface area contributed by atoms with Crippen LogP contribution in [0.2, 0.25) is 0 Å². The van der Waals surface area contributed by atoms with Gasteiger partial charge in [0.25, 0.3) is 0 Å². The third kappa shape index (κ3) is 2.37. The number of ether oxygens (including phenoxy) is 1. The second kappa shape index (κ2) is 4.47. The van der Waals surface area contributed by atoms with Gasteiger partial charge in [-0.2, -0.15) is 0 Å². The van der Waals surface area contributed by atoms with Crippen LogP contribution in [0, 0.1) is 17.8 Å². The van der Waals surface area contributed by atoms with Crippen molar-refractivity contribution < 1.29 is 19.4 Å². The second-order valence-electron chi connectivity index (χ2n) is 4.05. The van der Waals surface area contributed by atoms with E-state index in [1.165, 1.54) is 7.11 Å². The smallest absolute Gasteiger partial charge is 0.309 e. The summed E-state index contributed by atoms with van der Waals surface area (Å²) in [5.41, 5.74) is 1.02.